The third-order valence-corrected chi connectivity index (χ3v) is 2.00. The van der Waals surface area contributed by atoms with Gasteiger partial charge in [0.15, 0.2) is 0 Å². The molecule has 5 nitrogen and oxygen atoms in total. The molecule has 2 N–H and O–H groups in total. The van der Waals surface area contributed by atoms with Crippen LogP contribution in [0, 0.1) is 0 Å². The summed E-state index contributed by atoms with van der Waals surface area (Å²) < 4.78 is 5.11. The van der Waals surface area contributed by atoms with Crippen molar-refractivity contribution in [3.8, 4) is 0 Å². The lowest BCUT2D eigenvalue weighted by Gasteiger charge is -2.33. The zero-order valence-electron chi connectivity index (χ0n) is 7.50. The Morgan fingerprint density at radius 3 is 2.54 bits per heavy atom. The second kappa shape index (κ2) is 3.74. The Hall–Kier alpha value is -1.10. The van der Waals surface area contributed by atoms with Crippen LogP contribution in [-0.4, -0.2) is 29.3 Å². The summed E-state index contributed by atoms with van der Waals surface area (Å²) in [5, 5.41) is 11.2. The smallest absolute Gasteiger partial charge is 0.357 e. The van der Waals surface area contributed by atoms with Crippen LogP contribution in [0.25, 0.3) is 0 Å². The van der Waals surface area contributed by atoms with Crippen molar-refractivity contribution in [1.29, 1.82) is 0 Å². The maximum Gasteiger partial charge on any atom is 0.357 e. The number of rotatable bonds is 2. The zero-order chi connectivity index (χ0) is 9.90. The molecule has 0 bridgehead atoms. The lowest BCUT2D eigenvalue weighted by atomic mass is 10.0. The molecule has 0 aromatic heterocycles. The summed E-state index contributed by atoms with van der Waals surface area (Å²) in [5.74, 6) is -1.51. The monoisotopic (exact) mass is 187 g/mol. The van der Waals surface area contributed by atoms with Gasteiger partial charge in [0, 0.05) is 13.3 Å². The van der Waals surface area contributed by atoms with Crippen LogP contribution >= 0.6 is 0 Å². The second-order valence-electron chi connectivity index (χ2n) is 3.12. The van der Waals surface area contributed by atoms with E-state index in [4.69, 9.17) is 9.84 Å². The molecule has 1 aliphatic rings. The van der Waals surface area contributed by atoms with Gasteiger partial charge in [0.25, 0.3) is 0 Å². The number of hydrogen-bond donors (Lipinski definition) is 2. The Bertz CT molecular complexity index is 220. The molecule has 1 saturated heterocycles. The number of carbonyl (C=O) groups excluding carboxylic acids is 1. The van der Waals surface area contributed by atoms with Gasteiger partial charge in [-0.2, -0.15) is 0 Å². The maximum absolute atomic E-state index is 10.9. The fraction of sp³-hybridized carbons (Fsp3) is 0.750. The fourth-order valence-corrected chi connectivity index (χ4v) is 1.40. The van der Waals surface area contributed by atoms with E-state index in [-0.39, 0.29) is 5.91 Å². The fourth-order valence-electron chi connectivity index (χ4n) is 1.40. The minimum absolute atomic E-state index is 0.335. The van der Waals surface area contributed by atoms with E-state index in [1.165, 1.54) is 6.92 Å². The Morgan fingerprint density at radius 2 is 2.15 bits per heavy atom. The van der Waals surface area contributed by atoms with Crippen molar-refractivity contribution in [3.63, 3.8) is 0 Å². The van der Waals surface area contributed by atoms with Crippen LogP contribution in [0.1, 0.15) is 26.2 Å². The first kappa shape index (κ1) is 9.98. The maximum atomic E-state index is 10.9. The number of carboxylic acid groups (broad SMARTS) is 1. The van der Waals surface area contributed by atoms with Crippen molar-refractivity contribution in [3.05, 3.63) is 0 Å². The molecule has 74 valence electrons. The highest BCUT2D eigenvalue weighted by Gasteiger charge is 2.42. The molecule has 0 aromatic carbocycles. The van der Waals surface area contributed by atoms with E-state index in [9.17, 15) is 9.59 Å². The molecule has 0 saturated carbocycles. The van der Waals surface area contributed by atoms with Crippen molar-refractivity contribution in [1.82, 2.24) is 5.32 Å². The SMILES string of the molecule is CC(=O)NC1(C(=O)O)CCCCO1. The Morgan fingerprint density at radius 1 is 1.46 bits per heavy atom. The van der Waals surface area contributed by atoms with Gasteiger partial charge < -0.3 is 15.2 Å². The van der Waals surface area contributed by atoms with E-state index >= 15 is 0 Å². The molecule has 0 aliphatic carbocycles. The number of ether oxygens (including phenoxy) is 1. The van der Waals surface area contributed by atoms with Gasteiger partial charge in [-0.25, -0.2) is 4.79 Å². The normalized spacial score (nSPS) is 28.1. The van der Waals surface area contributed by atoms with Crippen LogP contribution in [-0.2, 0) is 14.3 Å². The van der Waals surface area contributed by atoms with E-state index in [0.29, 0.717) is 13.0 Å². The molecular weight excluding hydrogens is 174 g/mol. The average molecular weight is 187 g/mol. The lowest BCUT2D eigenvalue weighted by molar-refractivity contribution is -0.180. The standard InChI is InChI=1S/C8H13NO4/c1-6(10)9-8(7(11)12)4-2-3-5-13-8/h2-5H2,1H3,(H,9,10)(H,11,12). The van der Waals surface area contributed by atoms with E-state index in [2.05, 4.69) is 5.32 Å². The molecule has 0 spiro atoms. The Balaban J connectivity index is 2.73. The summed E-state index contributed by atoms with van der Waals surface area (Å²) in [6.45, 7) is 1.66. The summed E-state index contributed by atoms with van der Waals surface area (Å²) in [6.07, 6.45) is 1.93. The first-order valence-corrected chi connectivity index (χ1v) is 4.23. The van der Waals surface area contributed by atoms with Gasteiger partial charge in [0.1, 0.15) is 0 Å². The lowest BCUT2D eigenvalue weighted by Crippen LogP contribution is -2.57. The van der Waals surface area contributed by atoms with Gasteiger partial charge in [-0.3, -0.25) is 4.79 Å². The van der Waals surface area contributed by atoms with Crippen LogP contribution < -0.4 is 5.32 Å². The predicted octanol–water partition coefficient (Wildman–Crippen LogP) is 0.104. The molecule has 1 atom stereocenters. The molecule has 1 amide bonds. The van der Waals surface area contributed by atoms with Gasteiger partial charge in [0.2, 0.25) is 11.6 Å². The number of aliphatic carboxylic acids is 1. The predicted molar refractivity (Wildman–Crippen MR) is 44.0 cm³/mol. The highest BCUT2D eigenvalue weighted by atomic mass is 16.5. The van der Waals surface area contributed by atoms with Crippen LogP contribution in [0.2, 0.25) is 0 Å². The largest absolute Gasteiger partial charge is 0.478 e. The number of nitrogens with one attached hydrogen (secondary N) is 1. The van der Waals surface area contributed by atoms with Crippen molar-refractivity contribution < 1.29 is 19.4 Å². The van der Waals surface area contributed by atoms with E-state index in [1.807, 2.05) is 0 Å². The molecule has 0 aromatic rings. The molecule has 1 unspecified atom stereocenters. The van der Waals surface area contributed by atoms with E-state index in [0.717, 1.165) is 12.8 Å². The van der Waals surface area contributed by atoms with Gasteiger partial charge in [-0.15, -0.1) is 0 Å². The summed E-state index contributed by atoms with van der Waals surface area (Å²) in [6, 6.07) is 0. The highest BCUT2D eigenvalue weighted by Crippen LogP contribution is 2.22. The highest BCUT2D eigenvalue weighted by molar-refractivity contribution is 5.84. The van der Waals surface area contributed by atoms with Crippen LogP contribution in [0.15, 0.2) is 0 Å². The van der Waals surface area contributed by atoms with Crippen LogP contribution in [0.5, 0.6) is 0 Å². The molecule has 13 heavy (non-hydrogen) atoms. The van der Waals surface area contributed by atoms with E-state index < -0.39 is 11.7 Å². The van der Waals surface area contributed by atoms with Crippen molar-refractivity contribution in [2.75, 3.05) is 6.61 Å². The molecular formula is C8H13NO4. The van der Waals surface area contributed by atoms with Crippen LogP contribution in [0.3, 0.4) is 0 Å². The summed E-state index contributed by atoms with van der Waals surface area (Å²) >= 11 is 0. The van der Waals surface area contributed by atoms with Gasteiger partial charge in [-0.05, 0) is 12.8 Å². The molecule has 1 rings (SSSR count). The second-order valence-corrected chi connectivity index (χ2v) is 3.12. The first-order valence-electron chi connectivity index (χ1n) is 4.23. The Labute approximate surface area is 76.1 Å². The number of carboxylic acids is 1. The summed E-state index contributed by atoms with van der Waals surface area (Å²) in [5.41, 5.74) is -1.48. The number of hydrogen-bond acceptors (Lipinski definition) is 3. The van der Waals surface area contributed by atoms with Gasteiger partial charge in [-0.1, -0.05) is 0 Å². The van der Waals surface area contributed by atoms with Crippen LogP contribution in [0.4, 0.5) is 0 Å². The average Bonchev–Trinajstić information content (AvgIpc) is 2.04. The summed E-state index contributed by atoms with van der Waals surface area (Å²) in [7, 11) is 0. The van der Waals surface area contributed by atoms with Crippen molar-refractivity contribution >= 4 is 11.9 Å². The molecule has 5 heteroatoms. The van der Waals surface area contributed by atoms with Crippen molar-refractivity contribution in [2.24, 2.45) is 0 Å². The third kappa shape index (κ3) is 2.18. The van der Waals surface area contributed by atoms with E-state index in [1.54, 1.807) is 0 Å². The molecule has 0 radical (unpaired) electrons. The summed E-state index contributed by atoms with van der Waals surface area (Å²) in [4.78, 5) is 21.6. The Kier molecular flexibility index (Phi) is 2.87. The quantitative estimate of drug-likeness (QED) is 0.643. The zero-order valence-corrected chi connectivity index (χ0v) is 7.50. The van der Waals surface area contributed by atoms with Gasteiger partial charge >= 0.3 is 5.97 Å². The van der Waals surface area contributed by atoms with Gasteiger partial charge in [0.05, 0.1) is 6.61 Å². The topological polar surface area (TPSA) is 75.6 Å². The first-order chi connectivity index (χ1) is 6.07. The number of amides is 1. The minimum Gasteiger partial charge on any atom is -0.478 e. The minimum atomic E-state index is -1.48. The number of carbonyl (C=O) groups is 2. The third-order valence-electron chi connectivity index (χ3n) is 2.00. The molecule has 1 heterocycles. The molecule has 1 fully saturated rings. The molecule has 1 aliphatic heterocycles. The van der Waals surface area contributed by atoms with Crippen molar-refractivity contribution in [2.45, 2.75) is 31.9 Å².